The molecule has 0 aliphatic heterocycles. The summed E-state index contributed by atoms with van der Waals surface area (Å²) in [7, 11) is 0. The molecule has 5 rings (SSSR count). The molecule has 0 amide bonds. The molecule has 0 aliphatic carbocycles. The molecule has 1 aromatic heterocycles. The summed E-state index contributed by atoms with van der Waals surface area (Å²) >= 11 is 0. The number of para-hydroxylation sites is 2. The molecule has 1 heteroatoms. The van der Waals surface area contributed by atoms with E-state index in [0.717, 1.165) is 21.9 Å². The molecule has 1 nitrogen and oxygen atoms in total. The summed E-state index contributed by atoms with van der Waals surface area (Å²) in [4.78, 5) is 0. The van der Waals surface area contributed by atoms with E-state index in [1.165, 1.54) is 18.2 Å². The molecule has 1 heterocycles. The van der Waals surface area contributed by atoms with Crippen LogP contribution < -0.4 is 0 Å². The van der Waals surface area contributed by atoms with Crippen molar-refractivity contribution in [1.29, 1.82) is 0 Å². The fourth-order valence-corrected chi connectivity index (χ4v) is 4.20. The third-order valence-electron chi connectivity index (χ3n) is 5.56. The second-order valence-corrected chi connectivity index (χ2v) is 9.18. The standard InChI is InChI=1S/C31H30O/c1-20-13-15-23(18-28(20)24-16-14-22(17-21(24)2)19-31(3,4)5)25-10-8-11-27-26-9-6-7-12-29(26)32-30(25)27/h6-18H,19H2,1-5H3/i1D3,2D3,19D2. The van der Waals surface area contributed by atoms with E-state index in [0.29, 0.717) is 11.1 Å². The highest BCUT2D eigenvalue weighted by Crippen LogP contribution is 2.38. The minimum absolute atomic E-state index is 0.0186. The number of fused-ring (bicyclic) bond motifs is 3. The third-order valence-corrected chi connectivity index (χ3v) is 5.56. The van der Waals surface area contributed by atoms with Crippen LogP contribution in [0, 0.1) is 19.1 Å². The predicted octanol–water partition coefficient (Wildman–Crippen LogP) is 9.13. The van der Waals surface area contributed by atoms with Gasteiger partial charge in [-0.1, -0.05) is 87.5 Å². The Labute approximate surface area is 201 Å². The van der Waals surface area contributed by atoms with Crippen LogP contribution in [0.3, 0.4) is 0 Å². The van der Waals surface area contributed by atoms with Crippen molar-refractivity contribution in [2.75, 3.05) is 0 Å². The van der Waals surface area contributed by atoms with Crippen LogP contribution in [-0.2, 0) is 6.37 Å². The summed E-state index contributed by atoms with van der Waals surface area (Å²) in [5, 5.41) is 1.89. The second-order valence-electron chi connectivity index (χ2n) is 9.18. The summed E-state index contributed by atoms with van der Waals surface area (Å²) in [6.07, 6.45) is -1.82. The first kappa shape index (κ1) is 13.3. The van der Waals surface area contributed by atoms with Crippen LogP contribution in [0.2, 0.25) is 0 Å². The number of furan rings is 1. The van der Waals surface area contributed by atoms with Gasteiger partial charge in [-0.05, 0) is 71.0 Å². The highest BCUT2D eigenvalue weighted by molar-refractivity contribution is 6.09. The lowest BCUT2D eigenvalue weighted by molar-refractivity contribution is 0.411. The molecular weight excluding hydrogens is 388 g/mol. The largest absolute Gasteiger partial charge is 0.455 e. The Kier molecular flexibility index (Phi) is 3.18. The fourth-order valence-electron chi connectivity index (χ4n) is 4.20. The lowest BCUT2D eigenvalue weighted by Gasteiger charge is -2.19. The van der Waals surface area contributed by atoms with Gasteiger partial charge in [0.2, 0.25) is 0 Å². The Bertz CT molecular complexity index is 1730. The van der Waals surface area contributed by atoms with Crippen molar-refractivity contribution >= 4 is 21.9 Å². The Morgan fingerprint density at radius 1 is 0.750 bits per heavy atom. The topological polar surface area (TPSA) is 13.1 Å². The average Bonchev–Trinajstić information content (AvgIpc) is 3.25. The van der Waals surface area contributed by atoms with Crippen molar-refractivity contribution in [2.45, 2.75) is 40.8 Å². The van der Waals surface area contributed by atoms with Crippen molar-refractivity contribution in [3.05, 3.63) is 95.6 Å². The van der Waals surface area contributed by atoms with Gasteiger partial charge in [-0.3, -0.25) is 0 Å². The quantitative estimate of drug-likeness (QED) is 0.280. The van der Waals surface area contributed by atoms with Gasteiger partial charge >= 0.3 is 0 Å². The van der Waals surface area contributed by atoms with Gasteiger partial charge in [0.15, 0.2) is 0 Å². The number of aryl methyl sites for hydroxylation is 2. The minimum atomic E-state index is -2.61. The van der Waals surface area contributed by atoms with Gasteiger partial charge in [-0.15, -0.1) is 0 Å². The smallest absolute Gasteiger partial charge is 0.143 e. The van der Waals surface area contributed by atoms with E-state index in [1.54, 1.807) is 39.0 Å². The molecule has 4 aromatic carbocycles. The summed E-state index contributed by atoms with van der Waals surface area (Å²) in [5.41, 5.74) is 2.68. The van der Waals surface area contributed by atoms with E-state index >= 15 is 0 Å². The molecule has 160 valence electrons. The Hall–Kier alpha value is -3.32. The fraction of sp³-hybridized carbons (Fsp3) is 0.226. The zero-order valence-corrected chi connectivity index (χ0v) is 18.4. The Balaban J connectivity index is 1.78. The summed E-state index contributed by atoms with van der Waals surface area (Å²) < 4.78 is 73.1. The van der Waals surface area contributed by atoms with Crippen LogP contribution in [0.1, 0.15) is 48.4 Å². The van der Waals surface area contributed by atoms with Gasteiger partial charge in [0.1, 0.15) is 11.2 Å². The lowest BCUT2D eigenvalue weighted by atomic mass is 9.86. The summed E-state index contributed by atoms with van der Waals surface area (Å²) in [6.45, 7) is 0.143. The van der Waals surface area contributed by atoms with Gasteiger partial charge in [0.25, 0.3) is 0 Å². The molecule has 0 aliphatic rings. The summed E-state index contributed by atoms with van der Waals surface area (Å²) in [6, 6.07) is 22.9. The van der Waals surface area contributed by atoms with Crippen molar-refractivity contribution in [3.63, 3.8) is 0 Å². The average molecular weight is 427 g/mol. The van der Waals surface area contributed by atoms with Gasteiger partial charge in [0, 0.05) is 27.3 Å². The molecule has 0 N–H and O–H groups in total. The Morgan fingerprint density at radius 3 is 2.38 bits per heavy atom. The molecule has 0 atom stereocenters. The SMILES string of the molecule is [2H]C([2H])([2H])c1ccc(-c2cccc3c2oc2ccccc23)cc1-c1ccc(C([2H])([2H])C(C)(C)C)cc1C([2H])([2H])[2H]. The van der Waals surface area contributed by atoms with E-state index < -0.39 is 25.5 Å². The molecule has 32 heavy (non-hydrogen) atoms. The predicted molar refractivity (Wildman–Crippen MR) is 137 cm³/mol. The molecular formula is C31H30O. The minimum Gasteiger partial charge on any atom is -0.455 e. The van der Waals surface area contributed by atoms with Gasteiger partial charge < -0.3 is 4.42 Å². The number of hydrogen-bond donors (Lipinski definition) is 0. The van der Waals surface area contributed by atoms with Crippen LogP contribution >= 0.6 is 0 Å². The van der Waals surface area contributed by atoms with Crippen molar-refractivity contribution in [1.82, 2.24) is 0 Å². The normalized spacial score (nSPS) is 17.0. The van der Waals surface area contributed by atoms with Gasteiger partial charge in [-0.25, -0.2) is 0 Å². The van der Waals surface area contributed by atoms with E-state index in [-0.39, 0.29) is 27.8 Å². The van der Waals surface area contributed by atoms with Crippen molar-refractivity contribution in [3.8, 4) is 22.3 Å². The third kappa shape index (κ3) is 3.73. The number of benzene rings is 4. The first-order chi connectivity index (χ1) is 18.5. The zero-order valence-electron chi connectivity index (χ0n) is 26.4. The van der Waals surface area contributed by atoms with Gasteiger partial charge in [0.05, 0.1) is 0 Å². The van der Waals surface area contributed by atoms with Gasteiger partial charge in [-0.2, -0.15) is 0 Å². The number of rotatable bonds is 3. The van der Waals surface area contributed by atoms with E-state index in [2.05, 4.69) is 0 Å². The van der Waals surface area contributed by atoms with Crippen LogP contribution in [0.4, 0.5) is 0 Å². The van der Waals surface area contributed by atoms with Crippen LogP contribution in [0.25, 0.3) is 44.2 Å². The van der Waals surface area contributed by atoms with Crippen molar-refractivity contribution in [2.24, 2.45) is 5.41 Å². The second kappa shape index (κ2) is 7.67. The maximum atomic E-state index is 8.69. The first-order valence-electron chi connectivity index (χ1n) is 14.7. The molecule has 0 saturated carbocycles. The molecule has 0 fully saturated rings. The van der Waals surface area contributed by atoms with Crippen LogP contribution in [0.15, 0.2) is 83.3 Å². The molecule has 5 aromatic rings. The first-order valence-corrected chi connectivity index (χ1v) is 10.7. The molecule has 0 spiro atoms. The zero-order chi connectivity index (χ0) is 29.3. The lowest BCUT2D eigenvalue weighted by Crippen LogP contribution is -2.09. The van der Waals surface area contributed by atoms with E-state index in [9.17, 15) is 0 Å². The highest BCUT2D eigenvalue weighted by atomic mass is 16.3. The van der Waals surface area contributed by atoms with Crippen LogP contribution in [-0.4, -0.2) is 0 Å². The highest BCUT2D eigenvalue weighted by Gasteiger charge is 2.15. The maximum absolute atomic E-state index is 8.69. The van der Waals surface area contributed by atoms with Crippen LogP contribution in [0.5, 0.6) is 0 Å². The molecule has 0 unspecified atom stereocenters. The number of hydrogen-bond acceptors (Lipinski definition) is 1. The summed E-state index contributed by atoms with van der Waals surface area (Å²) in [5.74, 6) is 0. The molecule has 0 radical (unpaired) electrons. The monoisotopic (exact) mass is 426 g/mol. The van der Waals surface area contributed by atoms with Crippen molar-refractivity contribution < 1.29 is 15.4 Å². The molecule has 0 bridgehead atoms. The van der Waals surface area contributed by atoms with E-state index in [1.807, 2.05) is 42.5 Å². The Morgan fingerprint density at radius 2 is 1.56 bits per heavy atom. The molecule has 0 saturated heterocycles. The van der Waals surface area contributed by atoms with E-state index in [4.69, 9.17) is 15.4 Å². The maximum Gasteiger partial charge on any atom is 0.143 e.